The molecule has 3 heterocycles. The van der Waals surface area contributed by atoms with Gasteiger partial charge in [0, 0.05) is 34.8 Å². The van der Waals surface area contributed by atoms with E-state index in [-0.39, 0.29) is 29.1 Å². The topological polar surface area (TPSA) is 101 Å². The second kappa shape index (κ2) is 9.79. The third kappa shape index (κ3) is 5.03. The number of carbonyl (C=O) groups excluding carboxylic acids is 2. The first kappa shape index (κ1) is 23.9. The molecule has 2 aromatic carbocycles. The maximum absolute atomic E-state index is 13.5. The van der Waals surface area contributed by atoms with Crippen molar-refractivity contribution in [2.75, 3.05) is 5.32 Å². The molecule has 8 nitrogen and oxygen atoms in total. The quantitative estimate of drug-likeness (QED) is 0.314. The first-order chi connectivity index (χ1) is 18.4. The molecule has 1 aliphatic rings. The van der Waals surface area contributed by atoms with Crippen LogP contribution in [0.2, 0.25) is 0 Å². The van der Waals surface area contributed by atoms with Crippen molar-refractivity contribution in [3.8, 4) is 11.1 Å². The number of fused-ring (bicyclic) bond motifs is 2. The Labute approximate surface area is 220 Å². The number of carbonyl (C=O) groups is 2. The molecule has 5 aromatic rings. The molecule has 0 radical (unpaired) electrons. The molecule has 190 valence electrons. The standard InChI is InChI=1S/C28H25FN6O2Si/c1-16(18-3-2-4-23(29)13-18)38-34-27(37)20-7-8-24-21(11-20)12-22(15-30-24)19-9-10-35-25(14-19)31-28(33-35)32-26(36)17-5-6-17/h2-4,7-17H,5-6,38H2,1H3,(H,34,37)(H,32,33,36)/t16-/m0/s1. The second-order valence-electron chi connectivity index (χ2n) is 9.71. The predicted molar refractivity (Wildman–Crippen MR) is 146 cm³/mol. The van der Waals surface area contributed by atoms with Crippen LogP contribution in [0.15, 0.2) is 73.1 Å². The molecular weight excluding hydrogens is 499 g/mol. The number of aromatic nitrogens is 4. The second-order valence-corrected chi connectivity index (χ2v) is 11.7. The lowest BCUT2D eigenvalue weighted by atomic mass is 10.0. The van der Waals surface area contributed by atoms with Gasteiger partial charge in [-0.15, -0.1) is 5.10 Å². The van der Waals surface area contributed by atoms with Crippen LogP contribution in [0.4, 0.5) is 10.3 Å². The largest absolute Gasteiger partial charge is 0.383 e. The molecule has 0 spiro atoms. The Balaban J connectivity index is 1.20. The van der Waals surface area contributed by atoms with Gasteiger partial charge in [-0.25, -0.2) is 8.91 Å². The number of pyridine rings is 2. The number of amides is 2. The monoisotopic (exact) mass is 524 g/mol. The molecule has 1 aliphatic carbocycles. The van der Waals surface area contributed by atoms with E-state index in [4.69, 9.17) is 0 Å². The van der Waals surface area contributed by atoms with Crippen LogP contribution in [0.3, 0.4) is 0 Å². The molecular formula is C28H25FN6O2Si. The van der Waals surface area contributed by atoms with Gasteiger partial charge in [-0.3, -0.25) is 19.9 Å². The number of nitrogens with one attached hydrogen (secondary N) is 2. The van der Waals surface area contributed by atoms with Gasteiger partial charge in [0.05, 0.1) is 5.52 Å². The fourth-order valence-corrected chi connectivity index (χ4v) is 5.57. The Kier molecular flexibility index (Phi) is 6.16. The van der Waals surface area contributed by atoms with Crippen molar-refractivity contribution in [3.63, 3.8) is 0 Å². The number of nitrogens with zero attached hydrogens (tertiary/aromatic N) is 4. The Morgan fingerprint density at radius 2 is 1.95 bits per heavy atom. The number of anilines is 1. The first-order valence-corrected chi connectivity index (χ1v) is 14.1. The average Bonchev–Trinajstić information content (AvgIpc) is 3.71. The van der Waals surface area contributed by atoms with Gasteiger partial charge in [-0.2, -0.15) is 4.98 Å². The summed E-state index contributed by atoms with van der Waals surface area (Å²) in [5, 5.41) is 7.95. The van der Waals surface area contributed by atoms with Crippen LogP contribution >= 0.6 is 0 Å². The lowest BCUT2D eigenvalue weighted by molar-refractivity contribution is -0.117. The van der Waals surface area contributed by atoms with Crippen molar-refractivity contribution in [1.82, 2.24) is 24.6 Å². The summed E-state index contributed by atoms with van der Waals surface area (Å²) in [7, 11) is -1.02. The van der Waals surface area contributed by atoms with Gasteiger partial charge in [-0.1, -0.05) is 19.1 Å². The maximum atomic E-state index is 13.5. The fraction of sp³-hybridized carbons (Fsp3) is 0.179. The summed E-state index contributed by atoms with van der Waals surface area (Å²) in [6.45, 7) is 2.01. The molecule has 2 N–H and O–H groups in total. The SMILES string of the molecule is C[C@H]([SiH2]NC(=O)c1ccc2ncc(-c3ccn4nc(NC(=O)C5CC5)nc4c3)cc2c1)c1cccc(F)c1. The van der Waals surface area contributed by atoms with Crippen molar-refractivity contribution < 1.29 is 14.0 Å². The molecule has 1 atom stereocenters. The highest BCUT2D eigenvalue weighted by Crippen LogP contribution is 2.30. The minimum absolute atomic E-state index is 0.0363. The van der Waals surface area contributed by atoms with Crippen LogP contribution in [0, 0.1) is 11.7 Å². The van der Waals surface area contributed by atoms with Gasteiger partial charge in [0.1, 0.15) is 15.5 Å². The average molecular weight is 525 g/mol. The molecule has 2 amide bonds. The molecule has 1 saturated carbocycles. The zero-order chi connectivity index (χ0) is 26.2. The van der Waals surface area contributed by atoms with Crippen LogP contribution < -0.4 is 10.3 Å². The van der Waals surface area contributed by atoms with E-state index < -0.39 is 9.68 Å². The molecule has 0 unspecified atom stereocenters. The summed E-state index contributed by atoms with van der Waals surface area (Å²) >= 11 is 0. The number of halogens is 1. The molecule has 0 bridgehead atoms. The summed E-state index contributed by atoms with van der Waals surface area (Å²) in [6, 6.07) is 17.8. The molecule has 3 aromatic heterocycles. The van der Waals surface area contributed by atoms with E-state index in [2.05, 4.69) is 25.4 Å². The van der Waals surface area contributed by atoms with E-state index >= 15 is 0 Å². The minimum atomic E-state index is -1.02. The van der Waals surface area contributed by atoms with E-state index in [1.165, 1.54) is 12.1 Å². The summed E-state index contributed by atoms with van der Waals surface area (Å²) in [6.07, 6.45) is 5.41. The zero-order valence-electron chi connectivity index (χ0n) is 20.7. The normalized spacial score (nSPS) is 14.3. The van der Waals surface area contributed by atoms with Gasteiger partial charge < -0.3 is 4.98 Å². The number of rotatable bonds is 7. The first-order valence-electron chi connectivity index (χ1n) is 12.5. The maximum Gasteiger partial charge on any atom is 0.249 e. The summed E-state index contributed by atoms with van der Waals surface area (Å²) in [5.74, 6) is -0.0753. The number of hydrogen-bond acceptors (Lipinski definition) is 5. The van der Waals surface area contributed by atoms with Crippen LogP contribution in [-0.2, 0) is 4.79 Å². The van der Waals surface area contributed by atoms with Crippen LogP contribution in [0.5, 0.6) is 0 Å². The summed E-state index contributed by atoms with van der Waals surface area (Å²) < 4.78 is 15.2. The lowest BCUT2D eigenvalue weighted by Gasteiger charge is -2.13. The highest BCUT2D eigenvalue weighted by atomic mass is 28.2. The van der Waals surface area contributed by atoms with Gasteiger partial charge in [-0.05, 0) is 78.0 Å². The Bertz CT molecular complexity index is 1700. The van der Waals surface area contributed by atoms with E-state index in [0.29, 0.717) is 17.2 Å². The molecule has 38 heavy (non-hydrogen) atoms. The third-order valence-corrected chi connectivity index (χ3v) is 8.39. The Hall–Kier alpha value is -4.44. The van der Waals surface area contributed by atoms with Crippen LogP contribution in [-0.4, -0.2) is 41.1 Å². The fourth-order valence-electron chi connectivity index (χ4n) is 4.38. The van der Waals surface area contributed by atoms with Crippen molar-refractivity contribution >= 4 is 44.0 Å². The van der Waals surface area contributed by atoms with Crippen LogP contribution in [0.1, 0.15) is 41.2 Å². The van der Waals surface area contributed by atoms with Gasteiger partial charge >= 0.3 is 0 Å². The van der Waals surface area contributed by atoms with E-state index in [1.807, 2.05) is 43.3 Å². The predicted octanol–water partition coefficient (Wildman–Crippen LogP) is 4.01. The zero-order valence-corrected chi connectivity index (χ0v) is 22.1. The van der Waals surface area contributed by atoms with E-state index in [1.54, 1.807) is 29.0 Å². The molecule has 0 aliphatic heterocycles. The Morgan fingerprint density at radius 1 is 1.08 bits per heavy atom. The van der Waals surface area contributed by atoms with Gasteiger partial charge in [0.15, 0.2) is 5.65 Å². The van der Waals surface area contributed by atoms with Crippen LogP contribution in [0.25, 0.3) is 27.7 Å². The van der Waals surface area contributed by atoms with Crippen molar-refractivity contribution in [3.05, 3.63) is 90.0 Å². The van der Waals surface area contributed by atoms with Crippen molar-refractivity contribution in [2.24, 2.45) is 5.92 Å². The highest BCUT2D eigenvalue weighted by Gasteiger charge is 2.30. The number of benzene rings is 2. The van der Waals surface area contributed by atoms with Gasteiger partial charge in [0.2, 0.25) is 17.8 Å². The molecule has 1 fully saturated rings. The third-order valence-electron chi connectivity index (χ3n) is 6.78. The van der Waals surface area contributed by atoms with Crippen molar-refractivity contribution in [2.45, 2.75) is 25.3 Å². The van der Waals surface area contributed by atoms with E-state index in [0.717, 1.165) is 40.4 Å². The molecule has 10 heteroatoms. The Morgan fingerprint density at radius 3 is 2.76 bits per heavy atom. The van der Waals surface area contributed by atoms with Gasteiger partial charge in [0.25, 0.3) is 0 Å². The summed E-state index contributed by atoms with van der Waals surface area (Å²) in [4.78, 5) is 37.0. The molecule has 0 saturated heterocycles. The number of hydrogen-bond donors (Lipinski definition) is 2. The van der Waals surface area contributed by atoms with E-state index in [9.17, 15) is 14.0 Å². The minimum Gasteiger partial charge on any atom is -0.383 e. The molecule has 6 rings (SSSR count). The van der Waals surface area contributed by atoms with Crippen molar-refractivity contribution in [1.29, 1.82) is 0 Å². The smallest absolute Gasteiger partial charge is 0.249 e. The lowest BCUT2D eigenvalue weighted by Crippen LogP contribution is -2.30. The highest BCUT2D eigenvalue weighted by molar-refractivity contribution is 6.40. The summed E-state index contributed by atoms with van der Waals surface area (Å²) in [5.41, 5.74) is 4.72.